The number of rotatable bonds is 4. The monoisotopic (exact) mass is 478 g/mol. The Kier molecular flexibility index (Phi) is 6.90. The Labute approximate surface area is 206 Å². The Hall–Kier alpha value is -3.32. The zero-order valence-corrected chi connectivity index (χ0v) is 21.3. The van der Waals surface area contributed by atoms with E-state index in [2.05, 4.69) is 11.4 Å². The predicted octanol–water partition coefficient (Wildman–Crippen LogP) is 5.35. The van der Waals surface area contributed by atoms with E-state index in [1.807, 2.05) is 52.8 Å². The molecule has 0 spiro atoms. The van der Waals surface area contributed by atoms with Crippen LogP contribution in [0.15, 0.2) is 42.6 Å². The Morgan fingerprint density at radius 3 is 2.43 bits per heavy atom. The minimum absolute atomic E-state index is 0.0605. The van der Waals surface area contributed by atoms with Gasteiger partial charge in [-0.05, 0) is 82.5 Å². The van der Waals surface area contributed by atoms with Gasteiger partial charge in [0.25, 0.3) is 0 Å². The van der Waals surface area contributed by atoms with Gasteiger partial charge in [-0.1, -0.05) is 18.2 Å². The third-order valence-electron chi connectivity index (χ3n) is 6.33. The van der Waals surface area contributed by atoms with Gasteiger partial charge in [-0.2, -0.15) is 0 Å². The van der Waals surface area contributed by atoms with Crippen LogP contribution >= 0.6 is 0 Å². The van der Waals surface area contributed by atoms with Crippen LogP contribution < -0.4 is 10.1 Å². The number of methoxy groups -OCH3 is 1. The molecule has 1 unspecified atom stereocenters. The van der Waals surface area contributed by atoms with Crippen LogP contribution in [0.5, 0.6) is 5.75 Å². The van der Waals surface area contributed by atoms with Crippen LogP contribution in [0.4, 0.5) is 4.79 Å². The van der Waals surface area contributed by atoms with Gasteiger partial charge in [0.15, 0.2) is 0 Å². The van der Waals surface area contributed by atoms with Crippen LogP contribution in [0, 0.1) is 13.8 Å². The summed E-state index contributed by atoms with van der Waals surface area (Å²) in [7, 11) is 1.38. The number of aromatic nitrogens is 1. The zero-order valence-electron chi connectivity index (χ0n) is 21.3. The highest BCUT2D eigenvalue weighted by Crippen LogP contribution is 2.37. The molecule has 2 atom stereocenters. The van der Waals surface area contributed by atoms with Crippen molar-refractivity contribution in [3.05, 3.63) is 64.8 Å². The summed E-state index contributed by atoms with van der Waals surface area (Å²) in [5.74, 6) is 0.549. The lowest BCUT2D eigenvalue weighted by atomic mass is 9.88. The summed E-state index contributed by atoms with van der Waals surface area (Å²) in [6.07, 6.45) is 2.12. The number of carbonyl (C=O) groups excluding carboxylic acids is 2. The number of ether oxygens (including phenoxy) is 3. The van der Waals surface area contributed by atoms with E-state index in [1.165, 1.54) is 7.11 Å². The van der Waals surface area contributed by atoms with Gasteiger partial charge in [-0.25, -0.2) is 9.59 Å². The summed E-state index contributed by atoms with van der Waals surface area (Å²) in [4.78, 5) is 24.7. The Bertz CT molecular complexity index is 1240. The molecule has 2 aromatic carbocycles. The minimum atomic E-state index is -0.586. The summed E-state index contributed by atoms with van der Waals surface area (Å²) < 4.78 is 18.7. The number of fused-ring (bicyclic) bond motifs is 1. The molecule has 1 saturated heterocycles. The van der Waals surface area contributed by atoms with Crippen LogP contribution in [0.2, 0.25) is 0 Å². The number of esters is 1. The Balaban J connectivity index is 1.67. The lowest BCUT2D eigenvalue weighted by molar-refractivity contribution is 0.0542. The van der Waals surface area contributed by atoms with E-state index in [-0.39, 0.29) is 18.0 Å². The van der Waals surface area contributed by atoms with Crippen LogP contribution in [0.1, 0.15) is 60.2 Å². The molecule has 0 aliphatic carbocycles. The molecule has 1 fully saturated rings. The normalized spacial score (nSPS) is 18.3. The molecule has 186 valence electrons. The lowest BCUT2D eigenvalue weighted by Gasteiger charge is -2.33. The second-order valence-corrected chi connectivity index (χ2v) is 10.1. The minimum Gasteiger partial charge on any atom is -0.489 e. The molecule has 7 heteroatoms. The summed E-state index contributed by atoms with van der Waals surface area (Å²) in [5, 5.41) is 4.36. The number of hydrogen-bond acceptors (Lipinski definition) is 6. The van der Waals surface area contributed by atoms with Gasteiger partial charge >= 0.3 is 12.1 Å². The fourth-order valence-corrected chi connectivity index (χ4v) is 4.75. The van der Waals surface area contributed by atoms with E-state index in [1.54, 1.807) is 22.9 Å². The molecule has 2 heterocycles. The van der Waals surface area contributed by atoms with Gasteiger partial charge in [0, 0.05) is 24.0 Å². The standard InChI is InChI=1S/C28H34N2O5/c1-17-15-18(2)25(21-12-14-30(24(17)21)27(32)35-28(3,4)5)34-23-11-13-29-16-22(23)19-7-9-20(10-8-19)26(31)33-6/h7-10,12,14-15,22-23,29H,11,13,16H2,1-6H3/t22?,23-/m1/s1. The first kappa shape index (κ1) is 24.8. The smallest absolute Gasteiger partial charge is 0.419 e. The van der Waals surface area contributed by atoms with Crippen molar-refractivity contribution in [3.63, 3.8) is 0 Å². The van der Waals surface area contributed by atoms with Crippen LogP contribution in [-0.4, -0.2) is 48.5 Å². The highest BCUT2D eigenvalue weighted by Gasteiger charge is 2.30. The summed E-state index contributed by atoms with van der Waals surface area (Å²) >= 11 is 0. The topological polar surface area (TPSA) is 78.8 Å². The van der Waals surface area contributed by atoms with Crippen molar-refractivity contribution in [2.24, 2.45) is 0 Å². The zero-order chi connectivity index (χ0) is 25.3. The summed E-state index contributed by atoms with van der Waals surface area (Å²) in [6.45, 7) is 11.2. The molecule has 0 bridgehead atoms. The number of piperidine rings is 1. The summed E-state index contributed by atoms with van der Waals surface area (Å²) in [5.41, 5.74) is 3.85. The van der Waals surface area contributed by atoms with Crippen molar-refractivity contribution >= 4 is 23.0 Å². The molecule has 1 aliphatic heterocycles. The lowest BCUT2D eigenvalue weighted by Crippen LogP contribution is -2.41. The van der Waals surface area contributed by atoms with Crippen molar-refractivity contribution in [2.75, 3.05) is 20.2 Å². The molecule has 7 nitrogen and oxygen atoms in total. The summed E-state index contributed by atoms with van der Waals surface area (Å²) in [6, 6.07) is 11.5. The Morgan fingerprint density at radius 1 is 1.06 bits per heavy atom. The van der Waals surface area contributed by atoms with Gasteiger partial charge in [0.05, 0.1) is 18.2 Å². The number of benzene rings is 2. The number of aryl methyl sites for hydroxylation is 2. The molecule has 1 aromatic heterocycles. The predicted molar refractivity (Wildman–Crippen MR) is 135 cm³/mol. The van der Waals surface area contributed by atoms with E-state index in [0.717, 1.165) is 52.9 Å². The van der Waals surface area contributed by atoms with Crippen LogP contribution in [0.3, 0.4) is 0 Å². The second-order valence-electron chi connectivity index (χ2n) is 10.1. The van der Waals surface area contributed by atoms with Crippen LogP contribution in [0.25, 0.3) is 10.9 Å². The van der Waals surface area contributed by atoms with Crippen molar-refractivity contribution in [1.29, 1.82) is 0 Å². The maximum atomic E-state index is 12.9. The molecule has 3 aromatic rings. The van der Waals surface area contributed by atoms with Crippen molar-refractivity contribution in [2.45, 2.75) is 58.7 Å². The van der Waals surface area contributed by atoms with E-state index >= 15 is 0 Å². The van der Waals surface area contributed by atoms with E-state index in [9.17, 15) is 9.59 Å². The quantitative estimate of drug-likeness (QED) is 0.509. The number of hydrogen-bond donors (Lipinski definition) is 1. The second kappa shape index (κ2) is 9.74. The molecule has 4 rings (SSSR count). The maximum Gasteiger partial charge on any atom is 0.419 e. The third kappa shape index (κ3) is 5.20. The highest BCUT2D eigenvalue weighted by molar-refractivity contribution is 5.96. The molecule has 35 heavy (non-hydrogen) atoms. The molecular formula is C28H34N2O5. The largest absolute Gasteiger partial charge is 0.489 e. The third-order valence-corrected chi connectivity index (χ3v) is 6.33. The molecule has 0 radical (unpaired) electrons. The molecule has 0 amide bonds. The van der Waals surface area contributed by atoms with E-state index in [4.69, 9.17) is 14.2 Å². The fourth-order valence-electron chi connectivity index (χ4n) is 4.75. The Morgan fingerprint density at radius 2 is 1.77 bits per heavy atom. The average Bonchev–Trinajstić information content (AvgIpc) is 3.26. The van der Waals surface area contributed by atoms with Crippen molar-refractivity contribution < 1.29 is 23.8 Å². The fraction of sp³-hybridized carbons (Fsp3) is 0.429. The van der Waals surface area contributed by atoms with Crippen molar-refractivity contribution in [3.8, 4) is 5.75 Å². The van der Waals surface area contributed by atoms with Gasteiger partial charge in [0.1, 0.15) is 17.5 Å². The first-order valence-corrected chi connectivity index (χ1v) is 12.0. The molecule has 0 saturated carbocycles. The molecule has 1 aliphatic rings. The van der Waals surface area contributed by atoms with E-state index in [0.29, 0.717) is 5.56 Å². The van der Waals surface area contributed by atoms with Gasteiger partial charge in [-0.3, -0.25) is 4.57 Å². The number of nitrogens with one attached hydrogen (secondary N) is 1. The first-order chi connectivity index (χ1) is 16.6. The van der Waals surface area contributed by atoms with Crippen molar-refractivity contribution in [1.82, 2.24) is 9.88 Å². The molecular weight excluding hydrogens is 444 g/mol. The first-order valence-electron chi connectivity index (χ1n) is 12.0. The number of nitrogens with zero attached hydrogens (tertiary/aromatic N) is 1. The molecule has 1 N–H and O–H groups in total. The van der Waals surface area contributed by atoms with Gasteiger partial charge < -0.3 is 19.5 Å². The maximum absolute atomic E-state index is 12.9. The van der Waals surface area contributed by atoms with Gasteiger partial charge in [0.2, 0.25) is 0 Å². The highest BCUT2D eigenvalue weighted by atomic mass is 16.6. The van der Waals surface area contributed by atoms with E-state index < -0.39 is 11.7 Å². The SMILES string of the molecule is COC(=O)c1ccc(C2CNCC[C@H]2Oc2c(C)cc(C)c3c2ccn3C(=O)OC(C)(C)C)cc1. The number of carbonyl (C=O) groups is 2. The van der Waals surface area contributed by atoms with Gasteiger partial charge in [-0.15, -0.1) is 0 Å². The van der Waals surface area contributed by atoms with Crippen LogP contribution in [-0.2, 0) is 9.47 Å². The average molecular weight is 479 g/mol.